The molecule has 0 saturated carbocycles. The van der Waals surface area contributed by atoms with E-state index in [2.05, 4.69) is 9.98 Å². The molecule has 1 aliphatic rings. The van der Waals surface area contributed by atoms with E-state index in [0.29, 0.717) is 6.42 Å². The molecule has 1 aliphatic heterocycles. The Kier molecular flexibility index (Phi) is 6.72. The van der Waals surface area contributed by atoms with Crippen LogP contribution in [0.15, 0.2) is 59.7 Å². The van der Waals surface area contributed by atoms with Crippen LogP contribution in [0.1, 0.15) is 24.5 Å². The second kappa shape index (κ2) is 9.47. The zero-order chi connectivity index (χ0) is 26.3. The van der Waals surface area contributed by atoms with E-state index in [1.807, 2.05) is 0 Å². The third-order valence-corrected chi connectivity index (χ3v) is 7.21. The molecule has 0 spiro atoms. The fourth-order valence-corrected chi connectivity index (χ4v) is 5.10. The quantitative estimate of drug-likeness (QED) is 0.364. The molecule has 0 radical (unpaired) electrons. The van der Waals surface area contributed by atoms with E-state index in [1.165, 1.54) is 49.5 Å². The number of likely N-dealkylation sites (N-methyl/N-ethyl adjacent to an activating group) is 1. The van der Waals surface area contributed by atoms with Crippen LogP contribution in [0.25, 0.3) is 11.1 Å². The number of nitrogens with zero attached hydrogens (tertiary/aromatic N) is 3. The summed E-state index contributed by atoms with van der Waals surface area (Å²) < 4.78 is 59.0. The smallest absolute Gasteiger partial charge is 0.309 e. The van der Waals surface area contributed by atoms with E-state index in [4.69, 9.17) is 21.5 Å². The van der Waals surface area contributed by atoms with Crippen LogP contribution in [-0.2, 0) is 20.5 Å². The van der Waals surface area contributed by atoms with Crippen molar-refractivity contribution in [1.29, 1.82) is 0 Å². The Morgan fingerprint density at radius 2 is 1.83 bits per heavy atom. The second-order valence-corrected chi connectivity index (χ2v) is 10.2. The van der Waals surface area contributed by atoms with Gasteiger partial charge in [0.1, 0.15) is 11.6 Å². The van der Waals surface area contributed by atoms with Crippen molar-refractivity contribution >= 4 is 33.6 Å². The third-order valence-electron chi connectivity index (χ3n) is 5.65. The van der Waals surface area contributed by atoms with Crippen molar-refractivity contribution < 1.29 is 26.2 Å². The summed E-state index contributed by atoms with van der Waals surface area (Å²) in [4.78, 5) is 22.6. The SMILES string of the molecule is CCCS(=O)(=O)Oc1cccc(C2(c3ccc(F)c(-c4cc(Cl)cnc4F)c3)N=C(N)N(C)C2=O)c1. The van der Waals surface area contributed by atoms with Gasteiger partial charge in [-0.2, -0.15) is 12.8 Å². The maximum Gasteiger partial charge on any atom is 0.309 e. The molecular weight excluding hydrogens is 514 g/mol. The lowest BCUT2D eigenvalue weighted by molar-refractivity contribution is -0.129. The molecular formula is C24H21ClF2N4O4S. The molecule has 8 nitrogen and oxygen atoms in total. The number of hydrogen-bond acceptors (Lipinski definition) is 7. The molecule has 0 aliphatic carbocycles. The normalized spacial score (nSPS) is 17.9. The fraction of sp³-hybridized carbons (Fsp3) is 0.208. The minimum absolute atomic E-state index is 0.0381. The minimum atomic E-state index is -3.87. The van der Waals surface area contributed by atoms with E-state index in [-0.39, 0.29) is 44.7 Å². The van der Waals surface area contributed by atoms with Crippen molar-refractivity contribution in [3.05, 3.63) is 82.6 Å². The van der Waals surface area contributed by atoms with Gasteiger partial charge in [0.2, 0.25) is 5.95 Å². The van der Waals surface area contributed by atoms with Gasteiger partial charge in [-0.25, -0.2) is 14.4 Å². The van der Waals surface area contributed by atoms with Gasteiger partial charge in [-0.05, 0) is 47.9 Å². The first-order chi connectivity index (χ1) is 17.0. The Balaban J connectivity index is 1.93. The van der Waals surface area contributed by atoms with Gasteiger partial charge in [0, 0.05) is 24.4 Å². The Morgan fingerprint density at radius 1 is 1.11 bits per heavy atom. The number of aliphatic imine (C=N–C) groups is 1. The number of pyridine rings is 1. The van der Waals surface area contributed by atoms with Crippen LogP contribution in [0.2, 0.25) is 5.02 Å². The minimum Gasteiger partial charge on any atom is -0.382 e. The standard InChI is InChI=1S/C24H21ClF2N4O4S/c1-3-9-36(33,34)35-17-6-4-5-14(10-17)24(22(32)31(2)23(28)30-24)15-7-8-20(26)18(11-15)19-12-16(25)13-29-21(19)27/h4-8,10-13H,3,9H2,1-2H3,(H2,28,30). The van der Waals surface area contributed by atoms with Gasteiger partial charge in [0.05, 0.1) is 10.8 Å². The highest BCUT2D eigenvalue weighted by molar-refractivity contribution is 7.87. The van der Waals surface area contributed by atoms with Crippen LogP contribution in [0.4, 0.5) is 8.78 Å². The molecule has 188 valence electrons. The summed E-state index contributed by atoms with van der Waals surface area (Å²) in [6, 6.07) is 10.7. The first-order valence-corrected chi connectivity index (χ1v) is 12.7. The molecule has 0 saturated heterocycles. The molecule has 12 heteroatoms. The van der Waals surface area contributed by atoms with Gasteiger partial charge in [-0.1, -0.05) is 36.7 Å². The lowest BCUT2D eigenvalue weighted by Crippen LogP contribution is -2.41. The van der Waals surface area contributed by atoms with E-state index < -0.39 is 33.3 Å². The number of halogens is 3. The Labute approximate surface area is 211 Å². The van der Waals surface area contributed by atoms with E-state index in [0.717, 1.165) is 17.2 Å². The van der Waals surface area contributed by atoms with Gasteiger partial charge in [0.25, 0.3) is 5.91 Å². The van der Waals surface area contributed by atoms with Crippen molar-refractivity contribution in [2.45, 2.75) is 18.9 Å². The van der Waals surface area contributed by atoms with Crippen LogP contribution in [0, 0.1) is 11.8 Å². The monoisotopic (exact) mass is 534 g/mol. The van der Waals surface area contributed by atoms with Crippen molar-refractivity contribution in [1.82, 2.24) is 9.88 Å². The number of nitrogens with two attached hydrogens (primary N) is 1. The number of benzene rings is 2. The van der Waals surface area contributed by atoms with Crippen molar-refractivity contribution in [3.63, 3.8) is 0 Å². The molecule has 1 atom stereocenters. The maximum absolute atomic E-state index is 14.9. The number of carbonyl (C=O) groups is 1. The van der Waals surface area contributed by atoms with E-state index in [9.17, 15) is 22.0 Å². The first-order valence-electron chi connectivity index (χ1n) is 10.8. The van der Waals surface area contributed by atoms with Crippen molar-refractivity contribution in [2.24, 2.45) is 10.7 Å². The average molecular weight is 535 g/mol. The van der Waals surface area contributed by atoms with Gasteiger partial charge in [-0.15, -0.1) is 0 Å². The fourth-order valence-electron chi connectivity index (χ4n) is 3.96. The molecule has 1 amide bonds. The van der Waals surface area contributed by atoms with Gasteiger partial charge in [-0.3, -0.25) is 9.69 Å². The van der Waals surface area contributed by atoms with Crippen LogP contribution in [-0.4, -0.2) is 43.0 Å². The van der Waals surface area contributed by atoms with Crippen LogP contribution >= 0.6 is 11.6 Å². The highest BCUT2D eigenvalue weighted by Gasteiger charge is 2.50. The highest BCUT2D eigenvalue weighted by atomic mass is 35.5. The molecule has 2 N–H and O–H groups in total. The highest BCUT2D eigenvalue weighted by Crippen LogP contribution is 2.42. The Hall–Kier alpha value is -3.57. The summed E-state index contributed by atoms with van der Waals surface area (Å²) in [6.07, 6.45) is 1.44. The predicted molar refractivity (Wildman–Crippen MR) is 131 cm³/mol. The van der Waals surface area contributed by atoms with Crippen LogP contribution in [0.5, 0.6) is 5.75 Å². The number of rotatable bonds is 7. The largest absolute Gasteiger partial charge is 0.382 e. The Morgan fingerprint density at radius 3 is 2.50 bits per heavy atom. The lowest BCUT2D eigenvalue weighted by atomic mass is 9.81. The van der Waals surface area contributed by atoms with Gasteiger partial charge < -0.3 is 9.92 Å². The third kappa shape index (κ3) is 4.51. The zero-order valence-electron chi connectivity index (χ0n) is 19.2. The van der Waals surface area contributed by atoms with Crippen LogP contribution in [0.3, 0.4) is 0 Å². The summed E-state index contributed by atoms with van der Waals surface area (Å²) in [6.45, 7) is 1.70. The number of hydrogen-bond donors (Lipinski definition) is 1. The van der Waals surface area contributed by atoms with Gasteiger partial charge in [0.15, 0.2) is 11.5 Å². The summed E-state index contributed by atoms with van der Waals surface area (Å²) in [5, 5.41) is 0.0861. The van der Waals surface area contributed by atoms with E-state index in [1.54, 1.807) is 6.92 Å². The summed E-state index contributed by atoms with van der Waals surface area (Å²) in [5.74, 6) is -2.68. The predicted octanol–water partition coefficient (Wildman–Crippen LogP) is 3.83. The molecule has 1 aromatic heterocycles. The van der Waals surface area contributed by atoms with Crippen molar-refractivity contribution in [3.8, 4) is 16.9 Å². The molecule has 1 unspecified atom stereocenters. The van der Waals surface area contributed by atoms with Gasteiger partial charge >= 0.3 is 10.1 Å². The molecule has 36 heavy (non-hydrogen) atoms. The molecule has 3 aromatic rings. The zero-order valence-corrected chi connectivity index (χ0v) is 20.8. The summed E-state index contributed by atoms with van der Waals surface area (Å²) >= 11 is 5.95. The van der Waals surface area contributed by atoms with E-state index >= 15 is 0 Å². The molecule has 2 heterocycles. The number of amides is 1. The summed E-state index contributed by atoms with van der Waals surface area (Å²) in [5.41, 5.74) is 4.12. The molecule has 2 aromatic carbocycles. The molecule has 0 bridgehead atoms. The van der Waals surface area contributed by atoms with Crippen LogP contribution < -0.4 is 9.92 Å². The Bertz CT molecular complexity index is 1500. The lowest BCUT2D eigenvalue weighted by Gasteiger charge is -2.27. The topological polar surface area (TPSA) is 115 Å². The maximum atomic E-state index is 14.9. The average Bonchev–Trinajstić information content (AvgIpc) is 3.05. The second-order valence-electron chi connectivity index (χ2n) is 8.10. The van der Waals surface area contributed by atoms with Crippen molar-refractivity contribution in [2.75, 3.05) is 12.8 Å². The summed E-state index contributed by atoms with van der Waals surface area (Å²) in [7, 11) is -2.45. The molecule has 0 fully saturated rings. The number of aromatic nitrogens is 1. The number of guanidine groups is 1. The molecule has 4 rings (SSSR count). The number of carbonyl (C=O) groups excluding carboxylic acids is 1. The first kappa shape index (κ1) is 25.5.